The topological polar surface area (TPSA) is 34.1 Å². The molecule has 2 unspecified atom stereocenters. The number of aldehydes is 2. The SMILES string of the molecule is O=CC1(Br)C=CCC(Br)(C=O)C1. The van der Waals surface area contributed by atoms with Gasteiger partial charge in [-0.1, -0.05) is 44.0 Å². The van der Waals surface area contributed by atoms with Gasteiger partial charge >= 0.3 is 0 Å². The zero-order valence-electron chi connectivity index (χ0n) is 6.30. The summed E-state index contributed by atoms with van der Waals surface area (Å²) < 4.78 is -1.25. The highest BCUT2D eigenvalue weighted by Gasteiger charge is 2.38. The molecule has 1 aliphatic carbocycles. The lowest BCUT2D eigenvalue weighted by Gasteiger charge is -2.30. The first-order valence-electron chi connectivity index (χ1n) is 3.52. The van der Waals surface area contributed by atoms with E-state index in [2.05, 4.69) is 31.9 Å². The maximum absolute atomic E-state index is 10.7. The summed E-state index contributed by atoms with van der Waals surface area (Å²) in [6.07, 6.45) is 6.36. The van der Waals surface area contributed by atoms with Crippen molar-refractivity contribution < 1.29 is 9.59 Å². The van der Waals surface area contributed by atoms with Crippen molar-refractivity contribution in [3.05, 3.63) is 12.2 Å². The number of carbonyl (C=O) groups excluding carboxylic acids is 2. The van der Waals surface area contributed by atoms with Gasteiger partial charge in [0.2, 0.25) is 0 Å². The van der Waals surface area contributed by atoms with Crippen LogP contribution in [0.2, 0.25) is 0 Å². The van der Waals surface area contributed by atoms with Crippen molar-refractivity contribution in [1.82, 2.24) is 0 Å². The Morgan fingerprint density at radius 1 is 1.25 bits per heavy atom. The minimum atomic E-state index is -0.671. The number of carbonyl (C=O) groups is 2. The van der Waals surface area contributed by atoms with E-state index in [9.17, 15) is 9.59 Å². The van der Waals surface area contributed by atoms with Crippen LogP contribution in [-0.2, 0) is 9.59 Å². The highest BCUT2D eigenvalue weighted by Crippen LogP contribution is 2.39. The Bertz CT molecular complexity index is 239. The van der Waals surface area contributed by atoms with Crippen molar-refractivity contribution in [3.63, 3.8) is 0 Å². The molecule has 0 heterocycles. The molecule has 0 amide bonds. The molecule has 0 aromatic heterocycles. The van der Waals surface area contributed by atoms with Crippen LogP contribution in [0.5, 0.6) is 0 Å². The Kier molecular flexibility index (Phi) is 2.88. The van der Waals surface area contributed by atoms with Crippen LogP contribution in [-0.4, -0.2) is 21.2 Å². The van der Waals surface area contributed by atoms with E-state index in [1.807, 2.05) is 6.08 Å². The Morgan fingerprint density at radius 2 is 1.92 bits per heavy atom. The molecule has 0 saturated carbocycles. The van der Waals surface area contributed by atoms with Crippen LogP contribution < -0.4 is 0 Å². The minimum absolute atomic E-state index is 0.462. The van der Waals surface area contributed by atoms with Gasteiger partial charge in [-0.3, -0.25) is 0 Å². The van der Waals surface area contributed by atoms with E-state index in [0.29, 0.717) is 12.8 Å². The van der Waals surface area contributed by atoms with Gasteiger partial charge in [0.05, 0.1) is 4.32 Å². The molecule has 2 nitrogen and oxygen atoms in total. The molecule has 2 atom stereocenters. The summed E-state index contributed by atoms with van der Waals surface area (Å²) in [6, 6.07) is 0. The number of halogens is 2. The summed E-state index contributed by atoms with van der Waals surface area (Å²) in [4.78, 5) is 21.3. The summed E-state index contributed by atoms with van der Waals surface area (Å²) in [7, 11) is 0. The Balaban J connectivity index is 2.88. The quantitative estimate of drug-likeness (QED) is 0.444. The van der Waals surface area contributed by atoms with Crippen LogP contribution in [0.25, 0.3) is 0 Å². The predicted octanol–water partition coefficient (Wildman–Crippen LogP) is 2.00. The summed E-state index contributed by atoms with van der Waals surface area (Å²) >= 11 is 6.57. The third-order valence-corrected chi connectivity index (χ3v) is 3.35. The van der Waals surface area contributed by atoms with Gasteiger partial charge in [0.1, 0.15) is 16.9 Å². The van der Waals surface area contributed by atoms with Crippen molar-refractivity contribution in [3.8, 4) is 0 Å². The van der Waals surface area contributed by atoms with E-state index >= 15 is 0 Å². The molecule has 66 valence electrons. The monoisotopic (exact) mass is 294 g/mol. The molecule has 0 bridgehead atoms. The molecule has 12 heavy (non-hydrogen) atoms. The maximum atomic E-state index is 10.7. The molecule has 0 radical (unpaired) electrons. The number of hydrogen-bond acceptors (Lipinski definition) is 2. The van der Waals surface area contributed by atoms with Crippen LogP contribution >= 0.6 is 31.9 Å². The predicted molar refractivity (Wildman–Crippen MR) is 53.8 cm³/mol. The van der Waals surface area contributed by atoms with Gasteiger partial charge < -0.3 is 9.59 Å². The zero-order valence-corrected chi connectivity index (χ0v) is 9.47. The summed E-state index contributed by atoms with van der Waals surface area (Å²) in [5.74, 6) is 0. The number of hydrogen-bond donors (Lipinski definition) is 0. The second-order valence-corrected chi connectivity index (χ2v) is 6.04. The molecule has 0 aromatic carbocycles. The van der Waals surface area contributed by atoms with Gasteiger partial charge in [-0.15, -0.1) is 0 Å². The van der Waals surface area contributed by atoms with Crippen molar-refractivity contribution in [2.45, 2.75) is 21.5 Å². The molecule has 1 aliphatic rings. The van der Waals surface area contributed by atoms with Crippen molar-refractivity contribution in [2.75, 3.05) is 0 Å². The molecule has 4 heteroatoms. The summed E-state index contributed by atoms with van der Waals surface area (Å²) in [5.41, 5.74) is 0. The fourth-order valence-corrected chi connectivity index (χ4v) is 2.92. The first-order chi connectivity index (χ1) is 5.54. The van der Waals surface area contributed by atoms with Crippen molar-refractivity contribution in [2.24, 2.45) is 0 Å². The van der Waals surface area contributed by atoms with Crippen LogP contribution in [0.4, 0.5) is 0 Å². The van der Waals surface area contributed by atoms with Gasteiger partial charge in [-0.05, 0) is 12.8 Å². The molecule has 0 spiro atoms. The average Bonchev–Trinajstić information content (AvgIpc) is 2.05. The normalized spacial score (nSPS) is 40.8. The van der Waals surface area contributed by atoms with Gasteiger partial charge in [0.25, 0.3) is 0 Å². The molecule has 0 fully saturated rings. The molecule has 1 rings (SSSR count). The summed E-state index contributed by atoms with van der Waals surface area (Å²) in [5, 5.41) is 0. The van der Waals surface area contributed by atoms with Gasteiger partial charge in [0.15, 0.2) is 0 Å². The molecule has 0 N–H and O–H groups in total. The van der Waals surface area contributed by atoms with E-state index < -0.39 is 8.65 Å². The lowest BCUT2D eigenvalue weighted by Crippen LogP contribution is -2.37. The molecule has 0 aromatic rings. The number of rotatable bonds is 2. The van der Waals surface area contributed by atoms with Crippen molar-refractivity contribution >= 4 is 44.4 Å². The van der Waals surface area contributed by atoms with E-state index in [0.717, 1.165) is 12.6 Å². The zero-order chi connectivity index (χ0) is 9.24. The second kappa shape index (κ2) is 3.42. The second-order valence-electron chi connectivity index (χ2n) is 2.98. The maximum Gasteiger partial charge on any atom is 0.140 e. The molecule has 0 saturated heterocycles. The molecular formula is C8H8Br2O2. The third-order valence-electron chi connectivity index (χ3n) is 1.82. The van der Waals surface area contributed by atoms with Crippen LogP contribution in [0.15, 0.2) is 12.2 Å². The van der Waals surface area contributed by atoms with Gasteiger partial charge in [-0.25, -0.2) is 0 Å². The van der Waals surface area contributed by atoms with E-state index in [1.165, 1.54) is 0 Å². The average molecular weight is 296 g/mol. The number of allylic oxidation sites excluding steroid dienone is 2. The standard InChI is InChI=1S/C8H8Br2O2/c9-7(5-11)2-1-3-8(10,4-7)6-12/h1-2,5-6H,3-4H2. The molecule has 0 aliphatic heterocycles. The first kappa shape index (κ1) is 10.1. The Morgan fingerprint density at radius 3 is 2.42 bits per heavy atom. The smallest absolute Gasteiger partial charge is 0.140 e. The minimum Gasteiger partial charge on any atom is -0.302 e. The largest absolute Gasteiger partial charge is 0.302 e. The molecular weight excluding hydrogens is 288 g/mol. The lowest BCUT2D eigenvalue weighted by molar-refractivity contribution is -0.111. The van der Waals surface area contributed by atoms with E-state index in [4.69, 9.17) is 0 Å². The van der Waals surface area contributed by atoms with Crippen LogP contribution in [0, 0.1) is 0 Å². The van der Waals surface area contributed by atoms with Crippen LogP contribution in [0.3, 0.4) is 0 Å². The highest BCUT2D eigenvalue weighted by molar-refractivity contribution is 9.11. The third kappa shape index (κ3) is 2.04. The lowest BCUT2D eigenvalue weighted by atomic mass is 9.88. The summed E-state index contributed by atoms with van der Waals surface area (Å²) in [6.45, 7) is 0. The van der Waals surface area contributed by atoms with E-state index in [-0.39, 0.29) is 0 Å². The number of alkyl halides is 2. The fourth-order valence-electron chi connectivity index (χ4n) is 1.20. The first-order valence-corrected chi connectivity index (χ1v) is 5.10. The van der Waals surface area contributed by atoms with Crippen LogP contribution in [0.1, 0.15) is 12.8 Å². The Hall–Kier alpha value is 0.0400. The van der Waals surface area contributed by atoms with Gasteiger partial charge in [-0.2, -0.15) is 0 Å². The van der Waals surface area contributed by atoms with E-state index in [1.54, 1.807) is 6.08 Å². The Labute approximate surface area is 87.7 Å². The highest BCUT2D eigenvalue weighted by atomic mass is 79.9. The van der Waals surface area contributed by atoms with Crippen molar-refractivity contribution in [1.29, 1.82) is 0 Å². The fraction of sp³-hybridized carbons (Fsp3) is 0.500. The van der Waals surface area contributed by atoms with Gasteiger partial charge in [0, 0.05) is 0 Å².